The summed E-state index contributed by atoms with van der Waals surface area (Å²) < 4.78 is 7.59. The van der Waals surface area contributed by atoms with Gasteiger partial charge in [0.1, 0.15) is 4.60 Å². The Morgan fingerprint density at radius 3 is 2.96 bits per heavy atom. The third kappa shape index (κ3) is 3.02. The van der Waals surface area contributed by atoms with Gasteiger partial charge in [-0.1, -0.05) is 12.1 Å². The zero-order valence-corrected chi connectivity index (χ0v) is 15.1. The predicted octanol–water partition coefficient (Wildman–Crippen LogP) is 3.41. The highest BCUT2D eigenvalue weighted by Crippen LogP contribution is 2.39. The van der Waals surface area contributed by atoms with Gasteiger partial charge in [-0.25, -0.2) is 9.78 Å². The van der Waals surface area contributed by atoms with Crippen molar-refractivity contribution in [2.24, 2.45) is 0 Å². The Balaban J connectivity index is 2.21. The zero-order valence-electron chi connectivity index (χ0n) is 13.5. The molecule has 9 heteroatoms. The lowest BCUT2D eigenvalue weighted by Crippen LogP contribution is -2.29. The molecule has 0 fully saturated rings. The smallest absolute Gasteiger partial charge is 0.338 e. The van der Waals surface area contributed by atoms with Gasteiger partial charge >= 0.3 is 5.97 Å². The van der Waals surface area contributed by atoms with E-state index < -0.39 is 16.9 Å². The molecule has 1 N–H and O–H groups in total. The molecule has 1 aromatic heterocycles. The van der Waals surface area contributed by atoms with Gasteiger partial charge in [0.15, 0.2) is 0 Å². The van der Waals surface area contributed by atoms with Crippen molar-refractivity contribution in [1.82, 2.24) is 9.55 Å². The van der Waals surface area contributed by atoms with Crippen molar-refractivity contribution in [3.63, 3.8) is 0 Å². The van der Waals surface area contributed by atoms with Crippen LogP contribution in [-0.2, 0) is 9.53 Å². The van der Waals surface area contributed by atoms with E-state index in [9.17, 15) is 14.9 Å². The fraction of sp³-hybridized carbons (Fsp3) is 0.250. The van der Waals surface area contributed by atoms with Crippen molar-refractivity contribution < 1.29 is 14.5 Å². The number of non-ortho nitro benzene ring substituents is 1. The number of aromatic nitrogens is 2. The SMILES string of the molecule is CCOC(=O)C1=C(C)Nc2ncc(Br)n2C1c1cccc([N+](=O)[O-])c1. The topological polar surface area (TPSA) is 99.3 Å². The van der Waals surface area contributed by atoms with Crippen molar-refractivity contribution >= 4 is 33.5 Å². The maximum Gasteiger partial charge on any atom is 0.338 e. The number of nitro benzene ring substituents is 1. The fourth-order valence-corrected chi connectivity index (χ4v) is 3.32. The Hall–Kier alpha value is -2.68. The fourth-order valence-electron chi connectivity index (χ4n) is 2.85. The van der Waals surface area contributed by atoms with Gasteiger partial charge in [-0.3, -0.25) is 14.7 Å². The summed E-state index contributed by atoms with van der Waals surface area (Å²) in [6, 6.07) is 5.62. The average molecular weight is 407 g/mol. The van der Waals surface area contributed by atoms with Crippen LogP contribution in [0.5, 0.6) is 0 Å². The first kappa shape index (κ1) is 17.2. The van der Waals surface area contributed by atoms with E-state index in [0.717, 1.165) is 0 Å². The van der Waals surface area contributed by atoms with Crippen LogP contribution in [-0.4, -0.2) is 27.1 Å². The standard InChI is InChI=1S/C16H15BrN4O4/c1-3-25-15(22)13-9(2)19-16-18-8-12(17)20(16)14(13)10-5-4-6-11(7-10)21(23)24/h4-8,14H,3H2,1-2H3,(H,18,19). The summed E-state index contributed by atoms with van der Waals surface area (Å²) in [7, 11) is 0. The van der Waals surface area contributed by atoms with Crippen LogP contribution < -0.4 is 5.32 Å². The molecule has 1 aliphatic heterocycles. The maximum absolute atomic E-state index is 12.6. The lowest BCUT2D eigenvalue weighted by Gasteiger charge is -2.30. The minimum atomic E-state index is -0.591. The summed E-state index contributed by atoms with van der Waals surface area (Å²) in [4.78, 5) is 27.5. The number of imidazole rings is 1. The lowest BCUT2D eigenvalue weighted by molar-refractivity contribution is -0.384. The first-order valence-corrected chi connectivity index (χ1v) is 8.35. The van der Waals surface area contributed by atoms with Gasteiger partial charge in [0.05, 0.1) is 29.3 Å². The average Bonchev–Trinajstić information content (AvgIpc) is 2.94. The van der Waals surface area contributed by atoms with Crippen molar-refractivity contribution in [2.75, 3.05) is 11.9 Å². The van der Waals surface area contributed by atoms with Crippen molar-refractivity contribution in [3.8, 4) is 0 Å². The summed E-state index contributed by atoms with van der Waals surface area (Å²) in [5.74, 6) is 0.0594. The predicted molar refractivity (Wildman–Crippen MR) is 94.1 cm³/mol. The first-order chi connectivity index (χ1) is 11.9. The molecule has 1 atom stereocenters. The van der Waals surface area contributed by atoms with E-state index in [0.29, 0.717) is 27.4 Å². The van der Waals surface area contributed by atoms with Gasteiger partial charge in [0, 0.05) is 17.8 Å². The van der Waals surface area contributed by atoms with Crippen LogP contribution in [0.3, 0.4) is 0 Å². The number of nitrogens with zero attached hydrogens (tertiary/aromatic N) is 3. The summed E-state index contributed by atoms with van der Waals surface area (Å²) >= 11 is 3.42. The molecule has 130 valence electrons. The van der Waals surface area contributed by atoms with Crippen molar-refractivity contribution in [2.45, 2.75) is 19.9 Å². The number of fused-ring (bicyclic) bond motifs is 1. The number of nitro groups is 1. The Kier molecular flexibility index (Phi) is 4.58. The molecule has 0 radical (unpaired) electrons. The van der Waals surface area contributed by atoms with Gasteiger partial charge in [-0.05, 0) is 35.3 Å². The number of hydrogen-bond donors (Lipinski definition) is 1. The molecule has 1 aliphatic rings. The summed E-state index contributed by atoms with van der Waals surface area (Å²) in [5.41, 5.74) is 1.53. The number of carbonyl (C=O) groups is 1. The normalized spacial score (nSPS) is 16.2. The molecule has 2 heterocycles. The first-order valence-electron chi connectivity index (χ1n) is 7.56. The van der Waals surface area contributed by atoms with Crippen LogP contribution in [0.1, 0.15) is 25.5 Å². The number of esters is 1. The minimum Gasteiger partial charge on any atom is -0.463 e. The highest BCUT2D eigenvalue weighted by atomic mass is 79.9. The number of nitrogens with one attached hydrogen (secondary N) is 1. The highest BCUT2D eigenvalue weighted by Gasteiger charge is 2.35. The Morgan fingerprint density at radius 1 is 1.52 bits per heavy atom. The monoisotopic (exact) mass is 406 g/mol. The number of ether oxygens (including phenoxy) is 1. The van der Waals surface area contributed by atoms with E-state index in [2.05, 4.69) is 26.2 Å². The van der Waals surface area contributed by atoms with E-state index in [-0.39, 0.29) is 12.3 Å². The maximum atomic E-state index is 12.6. The molecule has 8 nitrogen and oxygen atoms in total. The summed E-state index contributed by atoms with van der Waals surface area (Å²) in [6.07, 6.45) is 1.61. The molecule has 0 bridgehead atoms. The summed E-state index contributed by atoms with van der Waals surface area (Å²) in [5, 5.41) is 14.2. The Labute approximate surface area is 151 Å². The number of anilines is 1. The highest BCUT2D eigenvalue weighted by molar-refractivity contribution is 9.10. The second-order valence-corrected chi connectivity index (χ2v) is 6.23. The largest absolute Gasteiger partial charge is 0.463 e. The van der Waals surface area contributed by atoms with Crippen LogP contribution in [0.25, 0.3) is 0 Å². The van der Waals surface area contributed by atoms with E-state index in [4.69, 9.17) is 4.74 Å². The van der Waals surface area contributed by atoms with Crippen LogP contribution in [0, 0.1) is 10.1 Å². The van der Waals surface area contributed by atoms with Crippen LogP contribution >= 0.6 is 15.9 Å². The van der Waals surface area contributed by atoms with E-state index in [1.807, 2.05) is 0 Å². The van der Waals surface area contributed by atoms with Crippen molar-refractivity contribution in [3.05, 3.63) is 62.0 Å². The minimum absolute atomic E-state index is 0.0466. The number of benzene rings is 1. The van der Waals surface area contributed by atoms with Gasteiger partial charge in [-0.2, -0.15) is 0 Å². The van der Waals surface area contributed by atoms with Crippen molar-refractivity contribution in [1.29, 1.82) is 0 Å². The molecule has 0 saturated carbocycles. The Morgan fingerprint density at radius 2 is 2.28 bits per heavy atom. The molecule has 0 spiro atoms. The molecule has 0 saturated heterocycles. The molecule has 25 heavy (non-hydrogen) atoms. The zero-order chi connectivity index (χ0) is 18.1. The number of carbonyl (C=O) groups excluding carboxylic acids is 1. The second-order valence-electron chi connectivity index (χ2n) is 5.41. The van der Waals surface area contributed by atoms with Gasteiger partial charge in [0.2, 0.25) is 5.95 Å². The lowest BCUT2D eigenvalue weighted by atomic mass is 9.95. The summed E-state index contributed by atoms with van der Waals surface area (Å²) in [6.45, 7) is 3.71. The molecule has 0 amide bonds. The molecular formula is C16H15BrN4O4. The molecule has 0 aliphatic carbocycles. The van der Waals surface area contributed by atoms with Gasteiger partial charge in [-0.15, -0.1) is 0 Å². The third-order valence-corrected chi connectivity index (χ3v) is 4.47. The number of hydrogen-bond acceptors (Lipinski definition) is 6. The number of allylic oxidation sites excluding steroid dienone is 1. The van der Waals surface area contributed by atoms with E-state index in [1.54, 1.807) is 36.7 Å². The third-order valence-electron chi connectivity index (χ3n) is 3.88. The molecule has 1 aromatic carbocycles. The van der Waals surface area contributed by atoms with Crippen LogP contribution in [0.4, 0.5) is 11.6 Å². The second kappa shape index (κ2) is 6.67. The number of halogens is 1. The van der Waals surface area contributed by atoms with Gasteiger partial charge in [0.25, 0.3) is 5.69 Å². The molecule has 3 rings (SSSR count). The van der Waals surface area contributed by atoms with E-state index in [1.165, 1.54) is 12.1 Å². The number of rotatable bonds is 4. The van der Waals surface area contributed by atoms with Crippen LogP contribution in [0.15, 0.2) is 46.3 Å². The molecule has 1 unspecified atom stereocenters. The van der Waals surface area contributed by atoms with E-state index >= 15 is 0 Å². The molecule has 2 aromatic rings. The van der Waals surface area contributed by atoms with Gasteiger partial charge < -0.3 is 10.1 Å². The molecular weight excluding hydrogens is 392 g/mol. The Bertz CT molecular complexity index is 890. The quantitative estimate of drug-likeness (QED) is 0.474. The van der Waals surface area contributed by atoms with Crippen LogP contribution in [0.2, 0.25) is 0 Å².